The molecule has 2 aliphatic heterocycles. The predicted molar refractivity (Wildman–Crippen MR) is 170 cm³/mol. The van der Waals surface area contributed by atoms with E-state index in [1.165, 1.54) is 35.9 Å². The predicted octanol–water partition coefficient (Wildman–Crippen LogP) is 4.33. The molecule has 45 heavy (non-hydrogen) atoms. The molecule has 0 saturated carbocycles. The van der Waals surface area contributed by atoms with Crippen LogP contribution in [0.25, 0.3) is 0 Å². The number of oxime groups is 1. The van der Waals surface area contributed by atoms with Crippen molar-refractivity contribution in [2.75, 3.05) is 11.2 Å². The number of nitrogens with one attached hydrogen (secondary N) is 1. The van der Waals surface area contributed by atoms with E-state index >= 15 is 0 Å². The van der Waals surface area contributed by atoms with Gasteiger partial charge in [-0.25, -0.2) is 19.4 Å². The molecular formula is C28H36BClN4O9S2. The number of Topliss-reactive ketones (excluding diaryl/α,β-unsaturated/α-hetero) is 1. The Hall–Kier alpha value is -3.11. The van der Waals surface area contributed by atoms with Gasteiger partial charge in [-0.1, -0.05) is 5.16 Å². The van der Waals surface area contributed by atoms with Crippen LogP contribution in [0.4, 0.5) is 9.93 Å². The lowest BCUT2D eigenvalue weighted by Crippen LogP contribution is -2.63. The third kappa shape index (κ3) is 8.79. The average molecular weight is 683 g/mol. The van der Waals surface area contributed by atoms with Gasteiger partial charge in [0, 0.05) is 22.9 Å². The van der Waals surface area contributed by atoms with Crippen LogP contribution in [-0.4, -0.2) is 86.7 Å². The first kappa shape index (κ1) is 36.4. The number of fused-ring (bicyclic) bond motifs is 1. The summed E-state index contributed by atoms with van der Waals surface area (Å²) < 4.78 is 15.1. The van der Waals surface area contributed by atoms with E-state index < -0.39 is 57.8 Å². The summed E-state index contributed by atoms with van der Waals surface area (Å²) >= 11 is 8.42. The van der Waals surface area contributed by atoms with Crippen molar-refractivity contribution in [2.45, 2.75) is 96.2 Å². The smallest absolute Gasteiger partial charge is 0.413 e. The molecule has 0 aliphatic carbocycles. The van der Waals surface area contributed by atoms with Gasteiger partial charge in [-0.15, -0.1) is 34.7 Å². The molecule has 0 spiro atoms. The Labute approximate surface area is 276 Å². The summed E-state index contributed by atoms with van der Waals surface area (Å²) in [5.74, 6) is -3.64. The standard InChI is InChI=1S/C28H36BClN4O9S2/c1-13-15(11-30)19(22(37)42-29)34-20(36)14(21(34)45-13)10-17(35)18(33-43-28(8,9)23(38)40-26(2,3)4)16-12-44-24(31-16)32-25(39)41-27(5,6)7/h12-14,21H,10-11H2,1-9H3,(H,31,32,39)/b33-18-/t13-,14+,21+/m0/s1. The molecule has 2 amide bonds. The summed E-state index contributed by atoms with van der Waals surface area (Å²) in [5, 5.41) is 7.24. The topological polar surface area (TPSA) is 163 Å². The molecule has 1 aromatic heterocycles. The van der Waals surface area contributed by atoms with E-state index in [9.17, 15) is 24.0 Å². The second-order valence-corrected chi connectivity index (χ2v) is 15.3. The Morgan fingerprint density at radius 2 is 1.71 bits per heavy atom. The average Bonchev–Trinajstić information content (AvgIpc) is 3.36. The van der Waals surface area contributed by atoms with E-state index in [1.54, 1.807) is 41.5 Å². The fourth-order valence-electron chi connectivity index (χ4n) is 4.17. The van der Waals surface area contributed by atoms with Gasteiger partial charge in [-0.05, 0) is 67.9 Å². The maximum Gasteiger partial charge on any atom is 0.413 e. The minimum absolute atomic E-state index is 0.0240. The summed E-state index contributed by atoms with van der Waals surface area (Å²) in [6.45, 7) is 14.9. The van der Waals surface area contributed by atoms with Gasteiger partial charge in [-0.3, -0.25) is 19.8 Å². The van der Waals surface area contributed by atoms with Gasteiger partial charge < -0.3 is 19.0 Å². The number of thioether (sulfide) groups is 1. The quantitative estimate of drug-likeness (QED) is 0.0933. The van der Waals surface area contributed by atoms with Crippen molar-refractivity contribution in [3.63, 3.8) is 0 Å². The fraction of sp³-hybridized carbons (Fsp3) is 0.607. The number of thiazole rings is 1. The number of ether oxygens (including phenoxy) is 2. The van der Waals surface area contributed by atoms with E-state index in [-0.39, 0.29) is 39.8 Å². The molecule has 1 fully saturated rings. The molecule has 244 valence electrons. The summed E-state index contributed by atoms with van der Waals surface area (Å²) in [6.07, 6.45) is -1.09. The number of anilines is 1. The number of ketones is 1. The highest BCUT2D eigenvalue weighted by Gasteiger charge is 2.55. The first-order chi connectivity index (χ1) is 20.7. The van der Waals surface area contributed by atoms with Crippen LogP contribution in [-0.2, 0) is 38.1 Å². The molecule has 3 atom stereocenters. The third-order valence-corrected chi connectivity index (χ3v) is 8.81. The zero-order valence-corrected chi connectivity index (χ0v) is 28.9. The Balaban J connectivity index is 1.91. The number of hydrogen-bond donors (Lipinski definition) is 1. The van der Waals surface area contributed by atoms with Crippen LogP contribution in [0.2, 0.25) is 0 Å². The van der Waals surface area contributed by atoms with Crippen LogP contribution in [0.3, 0.4) is 0 Å². The number of halogens is 1. The molecule has 17 heteroatoms. The van der Waals surface area contributed by atoms with Crippen LogP contribution in [0.1, 0.15) is 74.4 Å². The van der Waals surface area contributed by atoms with Crippen molar-refractivity contribution in [3.8, 4) is 0 Å². The Morgan fingerprint density at radius 1 is 1.09 bits per heavy atom. The summed E-state index contributed by atoms with van der Waals surface area (Å²) in [5.41, 5.74) is -2.99. The number of hydrogen-bond acceptors (Lipinski definition) is 13. The highest BCUT2D eigenvalue weighted by Crippen LogP contribution is 2.48. The summed E-state index contributed by atoms with van der Waals surface area (Å²) in [4.78, 5) is 75.7. The minimum atomic E-state index is -1.61. The van der Waals surface area contributed by atoms with E-state index in [4.69, 9.17) is 34.0 Å². The minimum Gasteiger partial charge on any atom is -0.539 e. The van der Waals surface area contributed by atoms with Gasteiger partial charge in [0.25, 0.3) is 0 Å². The molecule has 2 aliphatic rings. The molecular weight excluding hydrogens is 647 g/mol. The zero-order chi connectivity index (χ0) is 34.1. The number of carbonyl (C=O) groups excluding carboxylic acids is 5. The molecule has 0 bridgehead atoms. The van der Waals surface area contributed by atoms with Crippen LogP contribution in [0, 0.1) is 5.92 Å². The molecule has 1 saturated heterocycles. The molecule has 1 N–H and O–H groups in total. The van der Waals surface area contributed by atoms with Gasteiger partial charge >= 0.3 is 26.1 Å². The number of carbonyl (C=O) groups is 5. The van der Waals surface area contributed by atoms with E-state index in [1.807, 2.05) is 6.92 Å². The van der Waals surface area contributed by atoms with Crippen LogP contribution >= 0.6 is 34.7 Å². The van der Waals surface area contributed by atoms with Crippen molar-refractivity contribution in [3.05, 3.63) is 22.3 Å². The summed E-state index contributed by atoms with van der Waals surface area (Å²) in [7, 11) is 5.12. The number of rotatable bonds is 10. The maximum absolute atomic E-state index is 13.8. The van der Waals surface area contributed by atoms with E-state index in [0.717, 1.165) is 11.3 Å². The lowest BCUT2D eigenvalue weighted by molar-refractivity contribution is -0.179. The van der Waals surface area contributed by atoms with E-state index in [0.29, 0.717) is 5.57 Å². The normalized spacial score (nSPS) is 20.6. The second kappa shape index (κ2) is 13.7. The lowest BCUT2D eigenvalue weighted by atomic mass is 9.88. The van der Waals surface area contributed by atoms with Crippen LogP contribution in [0.15, 0.2) is 21.8 Å². The number of esters is 1. The Bertz CT molecular complexity index is 1430. The summed E-state index contributed by atoms with van der Waals surface area (Å²) in [6, 6.07) is 0. The van der Waals surface area contributed by atoms with Gasteiger partial charge in [0.15, 0.2) is 16.6 Å². The third-order valence-electron chi connectivity index (χ3n) is 6.26. The molecule has 3 heterocycles. The highest BCUT2D eigenvalue weighted by atomic mass is 35.5. The number of alkyl halides is 1. The Kier molecular flexibility index (Phi) is 11.1. The molecule has 2 radical (unpaired) electrons. The van der Waals surface area contributed by atoms with Gasteiger partial charge in [-0.2, -0.15) is 0 Å². The first-order valence-electron chi connectivity index (χ1n) is 13.9. The van der Waals surface area contributed by atoms with E-state index in [2.05, 4.69) is 20.1 Å². The molecule has 1 aromatic rings. The van der Waals surface area contributed by atoms with Crippen molar-refractivity contribution in [1.82, 2.24) is 9.88 Å². The maximum atomic E-state index is 13.8. The SMILES string of the molecule is [B]OC(=O)C1=C(CCl)[C@H](C)S[C@@H]2[C@H](CC(=O)/C(=N\OC(C)(C)C(=O)OC(C)(C)C)c3csc(NC(=O)OC(C)(C)C)n3)C(=O)N12. The van der Waals surface area contributed by atoms with Crippen molar-refractivity contribution < 1.29 is 42.9 Å². The second-order valence-electron chi connectivity index (χ2n) is 12.7. The van der Waals surface area contributed by atoms with Crippen LogP contribution < -0.4 is 5.32 Å². The van der Waals surface area contributed by atoms with Gasteiger partial charge in [0.2, 0.25) is 11.5 Å². The number of aromatic nitrogens is 1. The van der Waals surface area contributed by atoms with Crippen LogP contribution in [0.5, 0.6) is 0 Å². The lowest BCUT2D eigenvalue weighted by Gasteiger charge is -2.51. The first-order valence-corrected chi connectivity index (χ1v) is 16.2. The van der Waals surface area contributed by atoms with Crippen molar-refractivity contribution in [2.24, 2.45) is 11.1 Å². The van der Waals surface area contributed by atoms with Gasteiger partial charge in [0.1, 0.15) is 22.6 Å². The highest BCUT2D eigenvalue weighted by molar-refractivity contribution is 8.00. The monoisotopic (exact) mass is 682 g/mol. The fourth-order valence-corrected chi connectivity index (χ4v) is 6.81. The Morgan fingerprint density at radius 3 is 2.27 bits per heavy atom. The molecule has 13 nitrogen and oxygen atoms in total. The molecule has 0 aromatic carbocycles. The molecule has 3 rings (SSSR count). The number of amides is 2. The van der Waals surface area contributed by atoms with Gasteiger partial charge in [0.05, 0.1) is 11.3 Å². The number of β-lactam (4-membered cyclic amide) rings is 1. The van der Waals surface area contributed by atoms with Crippen molar-refractivity contribution in [1.29, 1.82) is 0 Å². The number of nitrogens with zero attached hydrogens (tertiary/aromatic N) is 3. The zero-order valence-electron chi connectivity index (χ0n) is 26.5. The van der Waals surface area contributed by atoms with Crippen molar-refractivity contribution >= 4 is 83.3 Å². The largest absolute Gasteiger partial charge is 0.539 e. The molecule has 0 unspecified atom stereocenters.